The summed E-state index contributed by atoms with van der Waals surface area (Å²) in [5.41, 5.74) is 5.84. The predicted molar refractivity (Wildman–Crippen MR) is 72.2 cm³/mol. The molecule has 1 amide bonds. The first-order chi connectivity index (χ1) is 8.15. The molecule has 5 heteroatoms. The summed E-state index contributed by atoms with van der Waals surface area (Å²) in [4.78, 5) is 14.7. The Kier molecular flexibility index (Phi) is 4.20. The van der Waals surface area contributed by atoms with Gasteiger partial charge in [0.25, 0.3) is 0 Å². The van der Waals surface area contributed by atoms with Gasteiger partial charge in [0.2, 0.25) is 5.91 Å². The van der Waals surface area contributed by atoms with Crippen molar-refractivity contribution in [2.45, 2.75) is 18.9 Å². The van der Waals surface area contributed by atoms with E-state index in [-0.39, 0.29) is 11.9 Å². The first kappa shape index (κ1) is 12.6. The van der Waals surface area contributed by atoms with Crippen LogP contribution in [0, 0.1) is 0 Å². The number of thiophene rings is 1. The number of hydrogen-bond donors (Lipinski definition) is 1. The average Bonchev–Trinajstić information content (AvgIpc) is 2.72. The van der Waals surface area contributed by atoms with Gasteiger partial charge < -0.3 is 10.6 Å². The molecule has 92 valence electrons. The second-order valence-corrected chi connectivity index (χ2v) is 5.91. The van der Waals surface area contributed by atoms with Crippen LogP contribution >= 0.6 is 22.9 Å². The first-order valence-electron chi connectivity index (χ1n) is 5.63. The second kappa shape index (κ2) is 5.67. The van der Waals surface area contributed by atoms with Gasteiger partial charge in [0.15, 0.2) is 0 Å². The summed E-state index contributed by atoms with van der Waals surface area (Å²) in [5, 5.41) is 0. The molecule has 17 heavy (non-hydrogen) atoms. The number of carbonyl (C=O) groups excluding carboxylic acids is 1. The highest BCUT2D eigenvalue weighted by Gasteiger charge is 2.19. The van der Waals surface area contributed by atoms with Crippen LogP contribution < -0.4 is 5.73 Å². The van der Waals surface area contributed by atoms with Crippen molar-refractivity contribution in [3.8, 4) is 0 Å². The van der Waals surface area contributed by atoms with Gasteiger partial charge in [0.05, 0.1) is 4.34 Å². The second-order valence-electron chi connectivity index (χ2n) is 4.16. The summed E-state index contributed by atoms with van der Waals surface area (Å²) >= 11 is 7.28. The summed E-state index contributed by atoms with van der Waals surface area (Å²) in [6.07, 6.45) is 5.40. The Hall–Kier alpha value is -0.840. The number of nitrogens with zero attached hydrogens (tertiary/aromatic N) is 1. The minimum absolute atomic E-state index is 0.0321. The topological polar surface area (TPSA) is 46.3 Å². The van der Waals surface area contributed by atoms with Crippen LogP contribution in [0.4, 0.5) is 0 Å². The smallest absolute Gasteiger partial charge is 0.246 e. The molecule has 1 atom stereocenters. The van der Waals surface area contributed by atoms with Crippen LogP contribution in [0.25, 0.3) is 6.08 Å². The molecule has 1 fully saturated rings. The van der Waals surface area contributed by atoms with Crippen molar-refractivity contribution in [1.29, 1.82) is 0 Å². The van der Waals surface area contributed by atoms with Crippen LogP contribution in [-0.2, 0) is 4.79 Å². The van der Waals surface area contributed by atoms with E-state index in [0.717, 1.165) is 28.6 Å². The molecule has 1 saturated heterocycles. The SMILES string of the molecule is NC1CCCN(C(=O)/C=C/c2ccc(Cl)s2)C1. The number of amides is 1. The van der Waals surface area contributed by atoms with E-state index >= 15 is 0 Å². The molecule has 1 aliphatic rings. The van der Waals surface area contributed by atoms with Crippen molar-refractivity contribution in [2.75, 3.05) is 13.1 Å². The van der Waals surface area contributed by atoms with E-state index < -0.39 is 0 Å². The molecular formula is C12H15ClN2OS. The Morgan fingerprint density at radius 3 is 3.06 bits per heavy atom. The number of likely N-dealkylation sites (tertiary alicyclic amines) is 1. The van der Waals surface area contributed by atoms with E-state index in [4.69, 9.17) is 17.3 Å². The molecule has 1 aromatic heterocycles. The van der Waals surface area contributed by atoms with Gasteiger partial charge in [-0.25, -0.2) is 0 Å². The molecule has 2 rings (SSSR count). The van der Waals surface area contributed by atoms with Gasteiger partial charge in [0.1, 0.15) is 0 Å². The quantitative estimate of drug-likeness (QED) is 0.839. The lowest BCUT2D eigenvalue weighted by atomic mass is 10.1. The summed E-state index contributed by atoms with van der Waals surface area (Å²) < 4.78 is 0.733. The number of carbonyl (C=O) groups is 1. The van der Waals surface area contributed by atoms with Crippen LogP contribution in [0.1, 0.15) is 17.7 Å². The monoisotopic (exact) mass is 270 g/mol. The fraction of sp³-hybridized carbons (Fsp3) is 0.417. The van der Waals surface area contributed by atoms with Crippen molar-refractivity contribution in [3.05, 3.63) is 27.4 Å². The summed E-state index contributed by atoms with van der Waals surface area (Å²) in [5.74, 6) is 0.0321. The summed E-state index contributed by atoms with van der Waals surface area (Å²) in [6, 6.07) is 3.85. The molecule has 0 saturated carbocycles. The number of piperidine rings is 1. The third-order valence-corrected chi connectivity index (χ3v) is 3.95. The fourth-order valence-electron chi connectivity index (χ4n) is 1.89. The predicted octanol–water partition coefficient (Wildman–Crippen LogP) is 2.36. The normalized spacial score (nSPS) is 21.1. The van der Waals surface area contributed by atoms with Crippen LogP contribution in [0.3, 0.4) is 0 Å². The molecule has 0 aliphatic carbocycles. The maximum atomic E-state index is 11.9. The fourth-order valence-corrected chi connectivity index (χ4v) is 2.85. The van der Waals surface area contributed by atoms with Crippen LogP contribution in [-0.4, -0.2) is 29.9 Å². The molecule has 1 aliphatic heterocycles. The van der Waals surface area contributed by atoms with E-state index in [1.54, 1.807) is 17.1 Å². The number of hydrogen-bond acceptors (Lipinski definition) is 3. The standard InChI is InChI=1S/C12H15ClN2OS/c13-11-5-3-10(17-11)4-6-12(16)15-7-1-2-9(14)8-15/h3-6,9H,1-2,7-8,14H2/b6-4+. The van der Waals surface area contributed by atoms with Crippen LogP contribution in [0.15, 0.2) is 18.2 Å². The highest BCUT2D eigenvalue weighted by atomic mass is 35.5. The van der Waals surface area contributed by atoms with Gasteiger partial charge in [-0.2, -0.15) is 0 Å². The lowest BCUT2D eigenvalue weighted by Gasteiger charge is -2.29. The van der Waals surface area contributed by atoms with E-state index in [1.807, 2.05) is 12.1 Å². The minimum Gasteiger partial charge on any atom is -0.338 e. The average molecular weight is 271 g/mol. The van der Waals surface area contributed by atoms with Gasteiger partial charge in [-0.1, -0.05) is 11.6 Å². The third kappa shape index (κ3) is 3.56. The molecule has 2 N–H and O–H groups in total. The van der Waals surface area contributed by atoms with Crippen molar-refractivity contribution in [1.82, 2.24) is 4.90 Å². The van der Waals surface area contributed by atoms with Crippen molar-refractivity contribution in [3.63, 3.8) is 0 Å². The largest absolute Gasteiger partial charge is 0.338 e. The Labute approximate surface area is 110 Å². The first-order valence-corrected chi connectivity index (χ1v) is 6.82. The van der Waals surface area contributed by atoms with Gasteiger partial charge in [-0.15, -0.1) is 11.3 Å². The molecular weight excluding hydrogens is 256 g/mol. The molecule has 0 aromatic carbocycles. The lowest BCUT2D eigenvalue weighted by Crippen LogP contribution is -2.45. The zero-order chi connectivity index (χ0) is 12.3. The Morgan fingerprint density at radius 1 is 1.59 bits per heavy atom. The van der Waals surface area contributed by atoms with Gasteiger partial charge in [-0.05, 0) is 31.1 Å². The zero-order valence-corrected chi connectivity index (χ0v) is 11.0. The van der Waals surface area contributed by atoms with E-state index in [1.165, 1.54) is 11.3 Å². The highest BCUT2D eigenvalue weighted by Crippen LogP contribution is 2.22. The van der Waals surface area contributed by atoms with E-state index in [0.29, 0.717) is 6.54 Å². The molecule has 0 bridgehead atoms. The summed E-state index contributed by atoms with van der Waals surface area (Å²) in [7, 11) is 0. The number of rotatable bonds is 2. The molecule has 2 heterocycles. The van der Waals surface area contributed by atoms with Crippen LogP contribution in [0.2, 0.25) is 4.34 Å². The molecule has 3 nitrogen and oxygen atoms in total. The number of nitrogens with two attached hydrogens (primary N) is 1. The van der Waals surface area contributed by atoms with Crippen molar-refractivity contribution >= 4 is 34.9 Å². The van der Waals surface area contributed by atoms with Crippen molar-refractivity contribution < 1.29 is 4.79 Å². The van der Waals surface area contributed by atoms with Gasteiger partial charge in [0, 0.05) is 30.1 Å². The minimum atomic E-state index is 0.0321. The van der Waals surface area contributed by atoms with E-state index in [9.17, 15) is 4.79 Å². The molecule has 1 aromatic rings. The lowest BCUT2D eigenvalue weighted by molar-refractivity contribution is -0.127. The van der Waals surface area contributed by atoms with Gasteiger partial charge in [-0.3, -0.25) is 4.79 Å². The Morgan fingerprint density at radius 2 is 2.41 bits per heavy atom. The Bertz CT molecular complexity index is 430. The zero-order valence-electron chi connectivity index (χ0n) is 9.43. The maximum absolute atomic E-state index is 11.9. The molecule has 0 radical (unpaired) electrons. The van der Waals surface area contributed by atoms with E-state index in [2.05, 4.69) is 0 Å². The Balaban J connectivity index is 1.94. The molecule has 0 spiro atoms. The van der Waals surface area contributed by atoms with Crippen molar-refractivity contribution in [2.24, 2.45) is 5.73 Å². The molecule has 1 unspecified atom stereocenters. The maximum Gasteiger partial charge on any atom is 0.246 e. The number of halogens is 1. The third-order valence-electron chi connectivity index (χ3n) is 2.75. The highest BCUT2D eigenvalue weighted by molar-refractivity contribution is 7.17. The van der Waals surface area contributed by atoms with Gasteiger partial charge >= 0.3 is 0 Å². The summed E-state index contributed by atoms with van der Waals surface area (Å²) in [6.45, 7) is 1.47. The van der Waals surface area contributed by atoms with Crippen LogP contribution in [0.5, 0.6) is 0 Å².